The van der Waals surface area contributed by atoms with Crippen LogP contribution in [0.2, 0.25) is 5.02 Å². The highest BCUT2D eigenvalue weighted by Crippen LogP contribution is 2.22. The van der Waals surface area contributed by atoms with Crippen molar-refractivity contribution in [2.24, 2.45) is 0 Å². The van der Waals surface area contributed by atoms with Crippen molar-refractivity contribution in [3.05, 3.63) is 70.4 Å². The molecule has 0 saturated carbocycles. The van der Waals surface area contributed by atoms with Crippen LogP contribution < -0.4 is 0 Å². The largest absolute Gasteiger partial charge is 0.351 e. The molecule has 2 aromatic carbocycles. The maximum absolute atomic E-state index is 13.8. The fourth-order valence-electron chi connectivity index (χ4n) is 3.36. The first-order chi connectivity index (χ1) is 13.4. The smallest absolute Gasteiger partial charge is 0.270 e. The lowest BCUT2D eigenvalue weighted by Gasteiger charge is -2.34. The number of halogens is 3. The van der Waals surface area contributed by atoms with E-state index in [0.29, 0.717) is 10.7 Å². The van der Waals surface area contributed by atoms with Crippen LogP contribution in [-0.4, -0.2) is 52.8 Å². The number of H-pyrrole nitrogens is 1. The molecular weight excluding hydrogens is 388 g/mol. The van der Waals surface area contributed by atoms with E-state index in [-0.39, 0.29) is 32.1 Å². The minimum Gasteiger partial charge on any atom is -0.351 e. The first-order valence-corrected chi connectivity index (χ1v) is 9.12. The van der Waals surface area contributed by atoms with E-state index in [4.69, 9.17) is 11.6 Å². The van der Waals surface area contributed by atoms with Crippen LogP contribution in [0.3, 0.4) is 0 Å². The molecule has 0 spiro atoms. The lowest BCUT2D eigenvalue weighted by Crippen LogP contribution is -2.51. The topological polar surface area (TPSA) is 56.4 Å². The summed E-state index contributed by atoms with van der Waals surface area (Å²) in [6.45, 7) is 0.947. The molecule has 0 unspecified atom stereocenters. The number of nitrogens with one attached hydrogen (secondary N) is 1. The summed E-state index contributed by atoms with van der Waals surface area (Å²) in [5.41, 5.74) is 0.670. The third kappa shape index (κ3) is 3.33. The van der Waals surface area contributed by atoms with Gasteiger partial charge in [-0.25, -0.2) is 8.78 Å². The highest BCUT2D eigenvalue weighted by molar-refractivity contribution is 6.31. The number of carbonyl (C=O) groups excluding carboxylic acids is 2. The van der Waals surface area contributed by atoms with Crippen LogP contribution in [-0.2, 0) is 0 Å². The van der Waals surface area contributed by atoms with Gasteiger partial charge in [-0.05, 0) is 36.4 Å². The van der Waals surface area contributed by atoms with Gasteiger partial charge in [-0.2, -0.15) is 0 Å². The van der Waals surface area contributed by atoms with Crippen molar-refractivity contribution in [2.75, 3.05) is 26.2 Å². The van der Waals surface area contributed by atoms with Crippen LogP contribution in [0.1, 0.15) is 20.8 Å². The van der Waals surface area contributed by atoms with Crippen molar-refractivity contribution in [1.29, 1.82) is 0 Å². The highest BCUT2D eigenvalue weighted by Gasteiger charge is 2.29. The van der Waals surface area contributed by atoms with E-state index in [0.717, 1.165) is 23.0 Å². The molecule has 0 aliphatic carbocycles. The average molecular weight is 404 g/mol. The summed E-state index contributed by atoms with van der Waals surface area (Å²) >= 11 is 5.97. The zero-order valence-corrected chi connectivity index (χ0v) is 15.5. The number of aromatic amines is 1. The highest BCUT2D eigenvalue weighted by atomic mass is 35.5. The van der Waals surface area contributed by atoms with Crippen LogP contribution in [0.4, 0.5) is 8.78 Å². The molecule has 0 bridgehead atoms. The summed E-state index contributed by atoms with van der Waals surface area (Å²) in [5, 5.41) is 1.41. The fourth-order valence-corrected chi connectivity index (χ4v) is 3.54. The molecule has 28 heavy (non-hydrogen) atoms. The van der Waals surface area contributed by atoms with Gasteiger partial charge in [0.05, 0.1) is 0 Å². The van der Waals surface area contributed by atoms with Crippen LogP contribution >= 0.6 is 11.6 Å². The summed E-state index contributed by atoms with van der Waals surface area (Å²) in [7, 11) is 0. The minimum absolute atomic E-state index is 0.198. The van der Waals surface area contributed by atoms with Crippen molar-refractivity contribution in [2.45, 2.75) is 0 Å². The maximum atomic E-state index is 13.8. The Bertz CT molecular complexity index is 1050. The van der Waals surface area contributed by atoms with E-state index < -0.39 is 23.1 Å². The molecule has 1 fully saturated rings. The number of carbonyl (C=O) groups is 2. The quantitative estimate of drug-likeness (QED) is 0.709. The van der Waals surface area contributed by atoms with Crippen molar-refractivity contribution >= 4 is 34.3 Å². The predicted molar refractivity (Wildman–Crippen MR) is 101 cm³/mol. The van der Waals surface area contributed by atoms with E-state index in [9.17, 15) is 18.4 Å². The molecule has 144 valence electrons. The summed E-state index contributed by atoms with van der Waals surface area (Å²) in [6, 6.07) is 10.4. The Labute approximate surface area is 164 Å². The maximum Gasteiger partial charge on any atom is 0.270 e. The number of hydrogen-bond acceptors (Lipinski definition) is 2. The van der Waals surface area contributed by atoms with Crippen molar-refractivity contribution in [3.8, 4) is 0 Å². The second kappa shape index (κ2) is 7.24. The van der Waals surface area contributed by atoms with Crippen molar-refractivity contribution in [1.82, 2.24) is 14.8 Å². The number of amides is 2. The molecular formula is C20H16ClF2N3O2. The number of rotatable bonds is 2. The molecule has 1 aliphatic heterocycles. The van der Waals surface area contributed by atoms with E-state index in [2.05, 4.69) is 4.98 Å². The molecule has 1 N–H and O–H groups in total. The van der Waals surface area contributed by atoms with Crippen LogP contribution in [0.15, 0.2) is 42.5 Å². The van der Waals surface area contributed by atoms with E-state index in [1.165, 1.54) is 11.0 Å². The van der Waals surface area contributed by atoms with E-state index in [1.54, 1.807) is 29.2 Å². The molecule has 2 heterocycles. The van der Waals surface area contributed by atoms with Crippen LogP contribution in [0.5, 0.6) is 0 Å². The second-order valence-electron chi connectivity index (χ2n) is 6.60. The molecule has 1 aromatic heterocycles. The van der Waals surface area contributed by atoms with Gasteiger partial charge in [0.15, 0.2) is 0 Å². The molecule has 5 nitrogen and oxygen atoms in total. The minimum atomic E-state index is -0.889. The molecule has 1 aliphatic rings. The van der Waals surface area contributed by atoms with E-state index >= 15 is 0 Å². The number of aromatic nitrogens is 1. The fraction of sp³-hybridized carbons (Fsp3) is 0.200. The average Bonchev–Trinajstić information content (AvgIpc) is 3.10. The van der Waals surface area contributed by atoms with Gasteiger partial charge in [0.2, 0.25) is 0 Å². The summed E-state index contributed by atoms with van der Waals surface area (Å²) in [4.78, 5) is 31.2. The Hall–Kier alpha value is -2.93. The van der Waals surface area contributed by atoms with Crippen molar-refractivity contribution < 1.29 is 18.4 Å². The van der Waals surface area contributed by atoms with Gasteiger partial charge in [0.25, 0.3) is 11.8 Å². The summed E-state index contributed by atoms with van der Waals surface area (Å²) < 4.78 is 27.7. The Morgan fingerprint density at radius 2 is 1.50 bits per heavy atom. The SMILES string of the molecule is O=C(c1cc2cc(Cl)ccc2[nH]1)N1CCN(C(=O)c2c(F)cccc2F)CC1. The lowest BCUT2D eigenvalue weighted by atomic mass is 10.1. The van der Waals surface area contributed by atoms with Gasteiger partial charge in [0.1, 0.15) is 22.9 Å². The van der Waals surface area contributed by atoms with Gasteiger partial charge in [0, 0.05) is 42.1 Å². The van der Waals surface area contributed by atoms with Gasteiger partial charge < -0.3 is 14.8 Å². The summed E-state index contributed by atoms with van der Waals surface area (Å²) in [6.07, 6.45) is 0. The third-order valence-electron chi connectivity index (χ3n) is 4.84. The molecule has 8 heteroatoms. The number of piperazine rings is 1. The summed E-state index contributed by atoms with van der Waals surface area (Å²) in [5.74, 6) is -2.68. The molecule has 4 rings (SSSR count). The monoisotopic (exact) mass is 403 g/mol. The molecule has 0 atom stereocenters. The third-order valence-corrected chi connectivity index (χ3v) is 5.08. The van der Waals surface area contributed by atoms with Gasteiger partial charge in [-0.3, -0.25) is 9.59 Å². The standard InChI is InChI=1S/C20H16ClF2N3O2/c21-13-4-5-16-12(10-13)11-17(24-16)19(27)25-6-8-26(9-7-25)20(28)18-14(22)2-1-3-15(18)23/h1-5,10-11,24H,6-9H2. The van der Waals surface area contributed by atoms with Gasteiger partial charge >= 0.3 is 0 Å². The lowest BCUT2D eigenvalue weighted by molar-refractivity contribution is 0.0527. The Morgan fingerprint density at radius 1 is 0.893 bits per heavy atom. The Morgan fingerprint density at radius 3 is 2.14 bits per heavy atom. The molecule has 2 amide bonds. The first-order valence-electron chi connectivity index (χ1n) is 8.75. The predicted octanol–water partition coefficient (Wildman–Crippen LogP) is 3.70. The normalized spacial score (nSPS) is 14.5. The van der Waals surface area contributed by atoms with Crippen LogP contribution in [0, 0.1) is 11.6 Å². The second-order valence-corrected chi connectivity index (χ2v) is 7.03. The van der Waals surface area contributed by atoms with E-state index in [1.807, 2.05) is 0 Å². The van der Waals surface area contributed by atoms with Gasteiger partial charge in [-0.1, -0.05) is 17.7 Å². The number of hydrogen-bond donors (Lipinski definition) is 1. The molecule has 3 aromatic rings. The number of nitrogens with zero attached hydrogens (tertiary/aromatic N) is 2. The number of fused-ring (bicyclic) bond motifs is 1. The van der Waals surface area contributed by atoms with Crippen molar-refractivity contribution in [3.63, 3.8) is 0 Å². The van der Waals surface area contributed by atoms with Crippen LogP contribution in [0.25, 0.3) is 10.9 Å². The Balaban J connectivity index is 1.46. The zero-order valence-electron chi connectivity index (χ0n) is 14.7. The molecule has 1 saturated heterocycles. The zero-order chi connectivity index (χ0) is 19.8. The first kappa shape index (κ1) is 18.4. The number of benzene rings is 2. The molecule has 0 radical (unpaired) electrons. The Kier molecular flexibility index (Phi) is 4.77. The van der Waals surface area contributed by atoms with Gasteiger partial charge in [-0.15, -0.1) is 0 Å².